The van der Waals surface area contributed by atoms with E-state index in [2.05, 4.69) is 15.2 Å². The summed E-state index contributed by atoms with van der Waals surface area (Å²) in [6, 6.07) is 7.57. The van der Waals surface area contributed by atoms with Crippen LogP contribution >= 0.6 is 0 Å². The lowest BCUT2D eigenvalue weighted by molar-refractivity contribution is 0.129. The maximum absolute atomic E-state index is 12.2. The monoisotopic (exact) mass is 339 g/mol. The molecule has 128 valence electrons. The molecule has 25 heavy (non-hydrogen) atoms. The van der Waals surface area contributed by atoms with Crippen molar-refractivity contribution >= 4 is 11.8 Å². The molecule has 1 aliphatic heterocycles. The number of nitrogens with zero attached hydrogens (tertiary/aromatic N) is 5. The summed E-state index contributed by atoms with van der Waals surface area (Å²) < 4.78 is 6.95. The van der Waals surface area contributed by atoms with Gasteiger partial charge < -0.3 is 14.7 Å². The predicted molar refractivity (Wildman–Crippen MR) is 87.5 cm³/mol. The lowest BCUT2D eigenvalue weighted by Crippen LogP contribution is -2.26. The van der Waals surface area contributed by atoms with E-state index in [4.69, 9.17) is 16.4 Å². The molecule has 1 aliphatic carbocycles. The smallest absolute Gasteiger partial charge is 0.414 e. The van der Waals surface area contributed by atoms with Crippen LogP contribution in [0.15, 0.2) is 30.5 Å². The van der Waals surface area contributed by atoms with Gasteiger partial charge in [-0.3, -0.25) is 4.90 Å². The van der Waals surface area contributed by atoms with Gasteiger partial charge in [-0.1, -0.05) is 5.21 Å². The zero-order valence-electron chi connectivity index (χ0n) is 13.5. The standard InChI is InChI=1S/C17H17N5O3/c1-18-17(6-7-17)12-2-4-14(5-3-12)22-10-15(25-16(22)24)9-21-8-13(11-23)19-20-21/h2-5,8,15,23H,6-7,9-11H2/t15-/m0/s1. The minimum absolute atomic E-state index is 0.172. The highest BCUT2D eigenvalue weighted by Crippen LogP contribution is 2.49. The molecule has 1 amide bonds. The van der Waals surface area contributed by atoms with Gasteiger partial charge in [0.2, 0.25) is 0 Å². The van der Waals surface area contributed by atoms with Gasteiger partial charge in [0.05, 0.1) is 25.9 Å². The second-order valence-electron chi connectivity index (χ2n) is 6.40. The van der Waals surface area contributed by atoms with Crippen molar-refractivity contribution in [3.8, 4) is 0 Å². The van der Waals surface area contributed by atoms with Crippen LogP contribution in [0.1, 0.15) is 24.1 Å². The summed E-state index contributed by atoms with van der Waals surface area (Å²) in [5.74, 6) is 0. The van der Waals surface area contributed by atoms with E-state index in [9.17, 15) is 4.79 Å². The molecule has 1 atom stereocenters. The summed E-state index contributed by atoms with van der Waals surface area (Å²) in [5.41, 5.74) is 1.90. The van der Waals surface area contributed by atoms with Gasteiger partial charge in [0, 0.05) is 24.1 Å². The van der Waals surface area contributed by atoms with Crippen LogP contribution in [0.4, 0.5) is 10.5 Å². The van der Waals surface area contributed by atoms with Crippen LogP contribution < -0.4 is 4.90 Å². The van der Waals surface area contributed by atoms with E-state index in [1.165, 1.54) is 0 Å². The van der Waals surface area contributed by atoms with Gasteiger partial charge in [0.1, 0.15) is 11.8 Å². The molecule has 4 rings (SSSR count). The molecule has 0 bridgehead atoms. The minimum atomic E-state index is -0.397. The molecular formula is C17H17N5O3. The number of amides is 1. The zero-order chi connectivity index (χ0) is 17.4. The topological polar surface area (TPSA) is 84.8 Å². The quantitative estimate of drug-likeness (QED) is 0.838. The molecule has 0 radical (unpaired) electrons. The normalized spacial score (nSPS) is 21.0. The maximum Gasteiger partial charge on any atom is 0.414 e. The highest BCUT2D eigenvalue weighted by Gasteiger charge is 2.52. The minimum Gasteiger partial charge on any atom is -0.442 e. The van der Waals surface area contributed by atoms with E-state index in [0.717, 1.165) is 24.1 Å². The first-order valence-corrected chi connectivity index (χ1v) is 8.11. The van der Waals surface area contributed by atoms with Crippen LogP contribution in [0.25, 0.3) is 4.85 Å². The van der Waals surface area contributed by atoms with Gasteiger partial charge in [0.25, 0.3) is 5.54 Å². The van der Waals surface area contributed by atoms with Crippen LogP contribution in [-0.2, 0) is 23.4 Å². The molecule has 2 heterocycles. The number of carbonyl (C=O) groups excluding carboxylic acids is 1. The van der Waals surface area contributed by atoms with Crippen molar-refractivity contribution in [1.29, 1.82) is 0 Å². The van der Waals surface area contributed by atoms with Gasteiger partial charge in [-0.05, 0) is 24.3 Å². The maximum atomic E-state index is 12.2. The number of rotatable bonds is 5. The third kappa shape index (κ3) is 2.83. The molecule has 1 N–H and O–H groups in total. The number of aromatic nitrogens is 3. The van der Waals surface area contributed by atoms with Gasteiger partial charge in [-0.15, -0.1) is 5.10 Å². The Kier molecular flexibility index (Phi) is 3.66. The Morgan fingerprint density at radius 2 is 2.12 bits per heavy atom. The molecule has 0 spiro atoms. The number of hydrogen-bond acceptors (Lipinski definition) is 5. The first-order chi connectivity index (χ1) is 12.1. The van der Waals surface area contributed by atoms with Crippen molar-refractivity contribution in [2.75, 3.05) is 11.4 Å². The number of anilines is 1. The molecule has 1 aromatic heterocycles. The Hall–Kier alpha value is -2.92. The van der Waals surface area contributed by atoms with Crippen LogP contribution in [0.2, 0.25) is 0 Å². The fraction of sp³-hybridized carbons (Fsp3) is 0.412. The molecule has 8 nitrogen and oxygen atoms in total. The van der Waals surface area contributed by atoms with Gasteiger partial charge in [-0.25, -0.2) is 16.0 Å². The van der Waals surface area contributed by atoms with Crippen LogP contribution in [0, 0.1) is 6.57 Å². The Labute approximate surface area is 144 Å². The molecule has 8 heteroatoms. The third-order valence-electron chi connectivity index (χ3n) is 4.67. The third-order valence-corrected chi connectivity index (χ3v) is 4.67. The average molecular weight is 339 g/mol. The number of ether oxygens (including phenoxy) is 1. The first-order valence-electron chi connectivity index (χ1n) is 8.11. The second kappa shape index (κ2) is 5.86. The van der Waals surface area contributed by atoms with E-state index < -0.39 is 6.09 Å². The fourth-order valence-corrected chi connectivity index (χ4v) is 3.07. The van der Waals surface area contributed by atoms with Crippen LogP contribution in [0.3, 0.4) is 0 Å². The lowest BCUT2D eigenvalue weighted by Gasteiger charge is -2.13. The van der Waals surface area contributed by atoms with E-state index in [1.807, 2.05) is 24.3 Å². The first kappa shape index (κ1) is 15.6. The molecule has 1 saturated heterocycles. The molecule has 1 saturated carbocycles. The van der Waals surface area contributed by atoms with Crippen molar-refractivity contribution in [2.24, 2.45) is 0 Å². The SMILES string of the molecule is [C-]#[N+]C1(c2ccc(N3C[C@H](Cn4cc(CO)nn4)OC3=O)cc2)CC1. The van der Waals surface area contributed by atoms with Crippen molar-refractivity contribution in [2.45, 2.75) is 37.6 Å². The van der Waals surface area contributed by atoms with E-state index in [1.54, 1.807) is 15.8 Å². The van der Waals surface area contributed by atoms with Crippen molar-refractivity contribution in [3.05, 3.63) is 53.1 Å². The van der Waals surface area contributed by atoms with Crippen molar-refractivity contribution in [1.82, 2.24) is 15.0 Å². The summed E-state index contributed by atoms with van der Waals surface area (Å²) in [4.78, 5) is 17.5. The number of hydrogen-bond donors (Lipinski definition) is 1. The average Bonchev–Trinajstić information content (AvgIpc) is 3.17. The lowest BCUT2D eigenvalue weighted by atomic mass is 10.1. The largest absolute Gasteiger partial charge is 0.442 e. The Bertz CT molecular complexity index is 835. The van der Waals surface area contributed by atoms with Crippen LogP contribution in [0.5, 0.6) is 0 Å². The number of cyclic esters (lactones) is 1. The molecule has 2 fully saturated rings. The van der Waals surface area contributed by atoms with Crippen molar-refractivity contribution < 1.29 is 14.6 Å². The second-order valence-corrected chi connectivity index (χ2v) is 6.40. The fourth-order valence-electron chi connectivity index (χ4n) is 3.07. The zero-order valence-corrected chi connectivity index (χ0v) is 13.5. The number of aliphatic hydroxyl groups is 1. The molecule has 1 aromatic carbocycles. The van der Waals surface area contributed by atoms with E-state index in [-0.39, 0.29) is 18.2 Å². The summed E-state index contributed by atoms with van der Waals surface area (Å²) >= 11 is 0. The number of aliphatic hydroxyl groups excluding tert-OH is 1. The summed E-state index contributed by atoms with van der Waals surface area (Å²) in [6.45, 7) is 7.95. The molecular weight excluding hydrogens is 322 g/mol. The highest BCUT2D eigenvalue weighted by molar-refractivity contribution is 5.89. The molecule has 0 unspecified atom stereocenters. The molecule has 2 aliphatic rings. The number of benzene rings is 1. The van der Waals surface area contributed by atoms with Crippen molar-refractivity contribution in [3.63, 3.8) is 0 Å². The summed E-state index contributed by atoms with van der Waals surface area (Å²) in [5, 5.41) is 16.7. The highest BCUT2D eigenvalue weighted by atomic mass is 16.6. The Morgan fingerprint density at radius 1 is 1.36 bits per heavy atom. The predicted octanol–water partition coefficient (Wildman–Crippen LogP) is 1.70. The van der Waals surface area contributed by atoms with E-state index in [0.29, 0.717) is 18.8 Å². The van der Waals surface area contributed by atoms with Crippen LogP contribution in [-0.4, -0.2) is 38.8 Å². The summed E-state index contributed by atoms with van der Waals surface area (Å²) in [6.07, 6.45) is 2.70. The van der Waals surface area contributed by atoms with Gasteiger partial charge in [0.15, 0.2) is 0 Å². The van der Waals surface area contributed by atoms with Gasteiger partial charge >= 0.3 is 6.09 Å². The van der Waals surface area contributed by atoms with E-state index >= 15 is 0 Å². The Morgan fingerprint density at radius 3 is 2.72 bits per heavy atom. The number of carbonyl (C=O) groups is 1. The Balaban J connectivity index is 1.44. The molecule has 2 aromatic rings. The summed E-state index contributed by atoms with van der Waals surface area (Å²) in [7, 11) is 0. The van der Waals surface area contributed by atoms with Gasteiger partial charge in [-0.2, -0.15) is 0 Å².